The highest BCUT2D eigenvalue weighted by molar-refractivity contribution is 5.70. The predicted molar refractivity (Wildman–Crippen MR) is 267 cm³/mol. The molecule has 3 N–H and O–H groups in total. The van der Waals surface area contributed by atoms with Gasteiger partial charge >= 0.3 is 5.97 Å². The lowest BCUT2D eigenvalue weighted by Crippen LogP contribution is -2.62. The minimum atomic E-state index is -1.29. The van der Waals surface area contributed by atoms with Crippen molar-refractivity contribution in [3.63, 3.8) is 0 Å². The lowest BCUT2D eigenvalue weighted by atomic mass is 9.79. The molecule has 0 amide bonds. The van der Waals surface area contributed by atoms with E-state index in [0.29, 0.717) is 86.7 Å². The summed E-state index contributed by atoms with van der Waals surface area (Å²) in [6.45, 7) is 15.0. The van der Waals surface area contributed by atoms with Gasteiger partial charge in [0.1, 0.15) is 59.7 Å². The molecule has 0 radical (unpaired) electrons. The molecule has 28 atom stereocenters. The largest absolute Gasteiger partial charge is 0.486 e. The highest BCUT2D eigenvalue weighted by Gasteiger charge is 2.71. The van der Waals surface area contributed by atoms with E-state index in [1.54, 1.807) is 0 Å². The van der Waals surface area contributed by atoms with Gasteiger partial charge in [-0.25, -0.2) is 0 Å². The Morgan fingerprint density at radius 2 is 1.37 bits per heavy atom. The summed E-state index contributed by atoms with van der Waals surface area (Å²) in [7, 11) is 0. The van der Waals surface area contributed by atoms with Crippen molar-refractivity contribution >= 4 is 24.7 Å². The topological polar surface area (TPSA) is 220 Å². The third-order valence-corrected chi connectivity index (χ3v) is 20.5. The van der Waals surface area contributed by atoms with Gasteiger partial charge in [0.2, 0.25) is 0 Å². The number of aliphatic hydroxyl groups is 3. The second-order valence-electron chi connectivity index (χ2n) is 25.7. The first-order valence-corrected chi connectivity index (χ1v) is 29.1. The molecule has 14 saturated heterocycles. The van der Waals surface area contributed by atoms with Gasteiger partial charge in [-0.2, -0.15) is 0 Å². The summed E-state index contributed by atoms with van der Waals surface area (Å²) in [4.78, 5) is 14.5. The van der Waals surface area contributed by atoms with E-state index >= 15 is 0 Å². The van der Waals surface area contributed by atoms with Crippen molar-refractivity contribution in [1.82, 2.24) is 0 Å². The van der Waals surface area contributed by atoms with Crippen LogP contribution in [0.15, 0.2) is 51.7 Å². The van der Waals surface area contributed by atoms with E-state index in [-0.39, 0.29) is 97.6 Å². The standard InChI is InChI=1S/C59H72O19/c1-24-10-32-13-34-33-12-30(6-8-36(24)65-32)64-38(27(33)4)15-41-51(72-47(63)14-31-7-9-37-52(66-31)56-55-54(68-37)53-45(71-55)22-59(34,77-53)78-56)28(5)50-42(67-41)17-40-44(70-50)20-58(73-40)21-46-49(76-58)26(3)19-57(75-46)18-25(2)48-43(74-57)16-39(69-48)35(62)11-29(61)23-60/h6,8,10,12-13,25-26,28-29,31,35,37-46,48-56,60-62H,1,4,7,9,11,14-23H2,2-3,5H3/b30-6+,34-13?,36-8-/t25?,26?,28?,29?,31?,35?,37-,38?,39-,40?,41-,42+,43-,44?,45?,46-,48-,49-,50?,51?,52?,53-,54-,55?,56-,57+,58-,59+/m0/s1. The molecule has 422 valence electrons. The molecule has 17 heterocycles. The molecule has 1 aromatic rings. The number of hydrogen-bond acceptors (Lipinski definition) is 19. The van der Waals surface area contributed by atoms with Crippen molar-refractivity contribution in [3.8, 4) is 0 Å². The molecule has 16 aliphatic rings. The van der Waals surface area contributed by atoms with Gasteiger partial charge in [-0.1, -0.05) is 33.9 Å². The second kappa shape index (κ2) is 18.1. The lowest BCUT2D eigenvalue weighted by molar-refractivity contribution is -0.347. The number of aliphatic hydroxyl groups excluding tert-OH is 3. The predicted octanol–water partition coefficient (Wildman–Crippen LogP) is 2.95. The number of rotatable bonds is 4. The van der Waals surface area contributed by atoms with Crippen LogP contribution in [0.2, 0.25) is 0 Å². The highest BCUT2D eigenvalue weighted by Crippen LogP contribution is 2.59. The Labute approximate surface area is 451 Å². The van der Waals surface area contributed by atoms with Crippen molar-refractivity contribution < 1.29 is 90.8 Å². The van der Waals surface area contributed by atoms with Crippen LogP contribution in [0.25, 0.3) is 18.7 Å². The Morgan fingerprint density at radius 3 is 2.23 bits per heavy atom. The van der Waals surface area contributed by atoms with Crippen LogP contribution in [-0.2, 0) is 71.1 Å². The first kappa shape index (κ1) is 50.4. The van der Waals surface area contributed by atoms with Gasteiger partial charge in [-0.3, -0.25) is 4.79 Å². The quantitative estimate of drug-likeness (QED) is 0.369. The van der Waals surface area contributed by atoms with Crippen LogP contribution in [0.5, 0.6) is 0 Å². The summed E-state index contributed by atoms with van der Waals surface area (Å²) < 4.78 is 104. The number of allylic oxidation sites excluding steroid dienone is 2. The molecule has 3 spiro atoms. The zero-order valence-electron chi connectivity index (χ0n) is 44.3. The molecule has 14 fully saturated rings. The number of carbonyl (C=O) groups is 1. The number of esters is 1. The zero-order valence-corrected chi connectivity index (χ0v) is 44.3. The Kier molecular flexibility index (Phi) is 11.7. The minimum Gasteiger partial charge on any atom is -0.486 e. The molecule has 0 saturated carbocycles. The summed E-state index contributed by atoms with van der Waals surface area (Å²) in [5.74, 6) is -2.45. The third-order valence-electron chi connectivity index (χ3n) is 20.5. The van der Waals surface area contributed by atoms with Crippen molar-refractivity contribution in [2.75, 3.05) is 6.61 Å². The minimum absolute atomic E-state index is 0.0243. The molecule has 14 unspecified atom stereocenters. The average molecular weight is 1090 g/mol. The van der Waals surface area contributed by atoms with E-state index in [2.05, 4.69) is 27.4 Å². The molecule has 0 aromatic carbocycles. The van der Waals surface area contributed by atoms with Crippen LogP contribution in [0.1, 0.15) is 104 Å². The van der Waals surface area contributed by atoms with E-state index < -0.39 is 97.2 Å². The Morgan fingerprint density at radius 1 is 0.628 bits per heavy atom. The van der Waals surface area contributed by atoms with Crippen LogP contribution in [-0.4, -0.2) is 180 Å². The van der Waals surface area contributed by atoms with Gasteiger partial charge in [0.15, 0.2) is 17.4 Å². The second-order valence-corrected chi connectivity index (χ2v) is 25.7. The molecular weight excluding hydrogens is 1010 g/mol. The summed E-state index contributed by atoms with van der Waals surface area (Å²) in [6.07, 6.45) is 2.86. The molecule has 13 bridgehead atoms. The van der Waals surface area contributed by atoms with Crippen LogP contribution < -0.4 is 10.6 Å². The van der Waals surface area contributed by atoms with Gasteiger partial charge in [0.05, 0.1) is 105 Å². The van der Waals surface area contributed by atoms with Crippen LogP contribution in [0, 0.1) is 17.8 Å². The maximum absolute atomic E-state index is 14.5. The van der Waals surface area contributed by atoms with Crippen LogP contribution >= 0.6 is 0 Å². The van der Waals surface area contributed by atoms with E-state index in [0.717, 1.165) is 16.4 Å². The number of hydrogen-bond donors (Lipinski definition) is 3. The lowest BCUT2D eigenvalue weighted by Gasteiger charge is -2.50. The Bertz CT molecular complexity index is 2850. The van der Waals surface area contributed by atoms with E-state index in [9.17, 15) is 20.1 Å². The fourth-order valence-electron chi connectivity index (χ4n) is 17.1. The molecule has 19 heteroatoms. The monoisotopic (exact) mass is 1080 g/mol. The van der Waals surface area contributed by atoms with Crippen molar-refractivity contribution in [3.05, 3.63) is 63.7 Å². The van der Waals surface area contributed by atoms with Gasteiger partial charge in [-0.15, -0.1) is 0 Å². The zero-order chi connectivity index (χ0) is 52.9. The SMILES string of the molecule is C=C1C2=C/C3=C\C=c4/oc(cc4=C)C=C2[C@@]24CC5OC6[C@@H](O2)C2OC(CC[C@@H]2O[C@H]6[C@H]5O4)CC(=O)OC2C(C)C4OC5C[C@]6(C[C@@H]7O[C@]8(CC(C)[C@@H]9O[C@H](C(O)CC(O)CO)C[C@@H]9O8)CC(C)[C@@H]7O6)OC5C[C@H]4O[C@H]2CC1O3. The van der Waals surface area contributed by atoms with Crippen molar-refractivity contribution in [1.29, 1.82) is 0 Å². The molecule has 19 nitrogen and oxygen atoms in total. The summed E-state index contributed by atoms with van der Waals surface area (Å²) in [5.41, 5.74) is 2.80. The number of carbonyl (C=O) groups excluding carboxylic acids is 1. The summed E-state index contributed by atoms with van der Waals surface area (Å²) >= 11 is 0. The van der Waals surface area contributed by atoms with Crippen LogP contribution in [0.3, 0.4) is 0 Å². The molecule has 17 rings (SSSR count). The summed E-state index contributed by atoms with van der Waals surface area (Å²) in [5, 5.41) is 31.1. The fraction of sp³-hybridized carbons (Fsp3) is 0.746. The van der Waals surface area contributed by atoms with E-state index in [4.69, 9.17) is 77.3 Å². The van der Waals surface area contributed by atoms with E-state index in [1.165, 1.54) is 0 Å². The first-order valence-electron chi connectivity index (χ1n) is 29.1. The Hall–Kier alpha value is -3.35. The summed E-state index contributed by atoms with van der Waals surface area (Å²) in [6, 6.07) is 1.91. The fourth-order valence-corrected chi connectivity index (χ4v) is 17.1. The molecular formula is C59H72O19. The highest BCUT2D eigenvalue weighted by atomic mass is 16.8. The Balaban J connectivity index is 0.676. The van der Waals surface area contributed by atoms with E-state index in [1.807, 2.05) is 30.4 Å². The van der Waals surface area contributed by atoms with Gasteiger partial charge < -0.3 is 86.1 Å². The number of furan rings is 1. The smallest absolute Gasteiger partial charge is 0.308 e. The van der Waals surface area contributed by atoms with Gasteiger partial charge in [0, 0.05) is 74.5 Å². The molecule has 78 heavy (non-hydrogen) atoms. The number of ether oxygens (including phenoxy) is 14. The first-order chi connectivity index (χ1) is 37.6. The van der Waals surface area contributed by atoms with Crippen LogP contribution in [0.4, 0.5) is 0 Å². The molecule has 1 aromatic heterocycles. The maximum Gasteiger partial charge on any atom is 0.308 e. The average Bonchev–Trinajstić information content (AvgIpc) is 3.98. The van der Waals surface area contributed by atoms with Crippen molar-refractivity contribution in [2.45, 2.75) is 249 Å². The van der Waals surface area contributed by atoms with Crippen molar-refractivity contribution in [2.24, 2.45) is 17.8 Å². The maximum atomic E-state index is 14.5. The van der Waals surface area contributed by atoms with Gasteiger partial charge in [0.25, 0.3) is 0 Å². The van der Waals surface area contributed by atoms with Gasteiger partial charge in [-0.05, 0) is 66.2 Å². The third kappa shape index (κ3) is 7.87. The number of fused-ring (bicyclic) bond motifs is 10. The normalized spacial score (nSPS) is 53.8. The molecule has 0 aliphatic carbocycles. The molecule has 16 aliphatic heterocycles.